The summed E-state index contributed by atoms with van der Waals surface area (Å²) in [7, 11) is 0. The smallest absolute Gasteiger partial charge is 0.236 e. The topological polar surface area (TPSA) is 65.0 Å². The maximum Gasteiger partial charge on any atom is 0.236 e. The zero-order valence-electron chi connectivity index (χ0n) is 11.9. The first kappa shape index (κ1) is 13.9. The number of rotatable bonds is 5. The van der Waals surface area contributed by atoms with E-state index in [0.717, 1.165) is 22.8 Å². The highest BCUT2D eigenvalue weighted by molar-refractivity contribution is 7.97. The fourth-order valence-electron chi connectivity index (χ4n) is 1.86. The fraction of sp³-hybridized carbons (Fsp3) is 0.267. The molecule has 2 heterocycles. The van der Waals surface area contributed by atoms with Crippen molar-refractivity contribution < 1.29 is 9.05 Å². The normalized spacial score (nSPS) is 11.0. The maximum absolute atomic E-state index is 5.26. The minimum atomic E-state index is 0.617. The summed E-state index contributed by atoms with van der Waals surface area (Å²) in [6.07, 6.45) is 0. The van der Waals surface area contributed by atoms with E-state index in [1.165, 1.54) is 5.56 Å². The summed E-state index contributed by atoms with van der Waals surface area (Å²) in [4.78, 5) is 4.40. The van der Waals surface area contributed by atoms with E-state index in [1.54, 1.807) is 11.8 Å². The highest BCUT2D eigenvalue weighted by Crippen LogP contribution is 2.20. The lowest BCUT2D eigenvalue weighted by molar-refractivity contribution is 0.388. The molecular weight excluding hydrogens is 286 g/mol. The van der Waals surface area contributed by atoms with Gasteiger partial charge in [-0.15, -0.1) is 11.8 Å². The largest absolute Gasteiger partial charge is 0.360 e. The number of hydrogen-bond acceptors (Lipinski definition) is 6. The Hall–Kier alpha value is -2.08. The lowest BCUT2D eigenvalue weighted by Gasteiger charge is -1.94. The first-order chi connectivity index (χ1) is 10.2. The SMILES string of the molecule is Cc1ccc(-c2noc(CSCc3cc(C)no3)n2)cc1. The van der Waals surface area contributed by atoms with E-state index in [1.807, 2.05) is 44.2 Å². The van der Waals surface area contributed by atoms with E-state index in [4.69, 9.17) is 9.05 Å². The molecular formula is C15H15N3O2S. The third-order valence-electron chi connectivity index (χ3n) is 2.92. The predicted molar refractivity (Wildman–Crippen MR) is 80.7 cm³/mol. The summed E-state index contributed by atoms with van der Waals surface area (Å²) in [6.45, 7) is 3.96. The molecule has 0 atom stereocenters. The van der Waals surface area contributed by atoms with Crippen molar-refractivity contribution in [3.8, 4) is 11.4 Å². The van der Waals surface area contributed by atoms with Crippen molar-refractivity contribution in [2.24, 2.45) is 0 Å². The third kappa shape index (κ3) is 3.52. The lowest BCUT2D eigenvalue weighted by atomic mass is 10.1. The monoisotopic (exact) mass is 301 g/mol. The molecule has 0 saturated carbocycles. The Balaban J connectivity index is 1.59. The van der Waals surface area contributed by atoms with Gasteiger partial charge in [0.1, 0.15) is 5.76 Å². The van der Waals surface area contributed by atoms with Crippen LogP contribution in [0.2, 0.25) is 0 Å². The molecule has 0 N–H and O–H groups in total. The molecule has 0 aliphatic heterocycles. The van der Waals surface area contributed by atoms with Crippen molar-refractivity contribution in [3.63, 3.8) is 0 Å². The number of nitrogens with zero attached hydrogens (tertiary/aromatic N) is 3. The van der Waals surface area contributed by atoms with E-state index in [0.29, 0.717) is 17.5 Å². The molecule has 0 saturated heterocycles. The Labute approximate surface area is 126 Å². The molecule has 108 valence electrons. The van der Waals surface area contributed by atoms with Crippen LogP contribution < -0.4 is 0 Å². The zero-order chi connectivity index (χ0) is 14.7. The van der Waals surface area contributed by atoms with Gasteiger partial charge >= 0.3 is 0 Å². The van der Waals surface area contributed by atoms with Gasteiger partial charge in [-0.2, -0.15) is 4.98 Å². The molecule has 1 aromatic carbocycles. The minimum absolute atomic E-state index is 0.617. The molecule has 2 aromatic heterocycles. The first-order valence-electron chi connectivity index (χ1n) is 6.60. The molecule has 0 spiro atoms. The summed E-state index contributed by atoms with van der Waals surface area (Å²) < 4.78 is 10.4. The Morgan fingerprint density at radius 1 is 1.00 bits per heavy atom. The summed E-state index contributed by atoms with van der Waals surface area (Å²) in [6, 6.07) is 9.99. The highest BCUT2D eigenvalue weighted by atomic mass is 32.2. The van der Waals surface area contributed by atoms with Crippen LogP contribution in [-0.4, -0.2) is 15.3 Å². The molecule has 3 rings (SSSR count). The van der Waals surface area contributed by atoms with E-state index in [2.05, 4.69) is 15.3 Å². The Kier molecular flexibility index (Phi) is 4.06. The Morgan fingerprint density at radius 2 is 1.81 bits per heavy atom. The van der Waals surface area contributed by atoms with E-state index < -0.39 is 0 Å². The summed E-state index contributed by atoms with van der Waals surface area (Å²) in [5.41, 5.74) is 3.07. The summed E-state index contributed by atoms with van der Waals surface area (Å²) >= 11 is 1.65. The van der Waals surface area contributed by atoms with Gasteiger partial charge in [-0.1, -0.05) is 40.1 Å². The molecule has 0 bridgehead atoms. The fourth-order valence-corrected chi connectivity index (χ4v) is 2.59. The quantitative estimate of drug-likeness (QED) is 0.714. The van der Waals surface area contributed by atoms with Crippen LogP contribution >= 0.6 is 11.8 Å². The Bertz CT molecular complexity index is 719. The zero-order valence-corrected chi connectivity index (χ0v) is 12.7. The molecule has 5 nitrogen and oxygen atoms in total. The lowest BCUT2D eigenvalue weighted by Crippen LogP contribution is -1.84. The molecule has 0 radical (unpaired) electrons. The Morgan fingerprint density at radius 3 is 2.52 bits per heavy atom. The molecule has 0 amide bonds. The van der Waals surface area contributed by atoms with Crippen molar-refractivity contribution in [2.45, 2.75) is 25.4 Å². The van der Waals surface area contributed by atoms with Gasteiger partial charge in [-0.3, -0.25) is 0 Å². The van der Waals surface area contributed by atoms with Crippen LogP contribution in [-0.2, 0) is 11.5 Å². The number of hydrogen-bond donors (Lipinski definition) is 0. The molecule has 6 heteroatoms. The van der Waals surface area contributed by atoms with Crippen molar-refractivity contribution in [3.05, 3.63) is 53.2 Å². The van der Waals surface area contributed by atoms with Gasteiger partial charge in [-0.25, -0.2) is 0 Å². The van der Waals surface area contributed by atoms with Gasteiger partial charge in [0.05, 0.1) is 17.2 Å². The highest BCUT2D eigenvalue weighted by Gasteiger charge is 2.09. The molecule has 0 unspecified atom stereocenters. The minimum Gasteiger partial charge on any atom is -0.360 e. The van der Waals surface area contributed by atoms with Gasteiger partial charge in [0.15, 0.2) is 0 Å². The third-order valence-corrected chi connectivity index (χ3v) is 3.86. The van der Waals surface area contributed by atoms with Gasteiger partial charge in [0.2, 0.25) is 11.7 Å². The second-order valence-corrected chi connectivity index (χ2v) is 5.79. The molecule has 0 fully saturated rings. The molecule has 0 aliphatic carbocycles. The summed E-state index contributed by atoms with van der Waals surface area (Å²) in [5.74, 6) is 3.49. The molecule has 0 aliphatic rings. The van der Waals surface area contributed by atoms with Crippen molar-refractivity contribution >= 4 is 11.8 Å². The van der Waals surface area contributed by atoms with Crippen LogP contribution in [0.25, 0.3) is 11.4 Å². The molecule has 3 aromatic rings. The van der Waals surface area contributed by atoms with Gasteiger partial charge in [-0.05, 0) is 13.8 Å². The van der Waals surface area contributed by atoms with Gasteiger partial charge in [0.25, 0.3) is 0 Å². The summed E-state index contributed by atoms with van der Waals surface area (Å²) in [5, 5.41) is 7.86. The van der Waals surface area contributed by atoms with Crippen LogP contribution in [0.4, 0.5) is 0 Å². The number of thioether (sulfide) groups is 1. The van der Waals surface area contributed by atoms with Gasteiger partial charge in [0, 0.05) is 11.6 Å². The maximum atomic E-state index is 5.26. The van der Waals surface area contributed by atoms with Gasteiger partial charge < -0.3 is 9.05 Å². The van der Waals surface area contributed by atoms with Crippen LogP contribution in [0.5, 0.6) is 0 Å². The van der Waals surface area contributed by atoms with Crippen LogP contribution in [0.1, 0.15) is 22.9 Å². The van der Waals surface area contributed by atoms with Crippen molar-refractivity contribution in [2.75, 3.05) is 0 Å². The number of benzene rings is 1. The average Bonchev–Trinajstić information content (AvgIpc) is 3.09. The van der Waals surface area contributed by atoms with Crippen LogP contribution in [0, 0.1) is 13.8 Å². The van der Waals surface area contributed by atoms with E-state index in [9.17, 15) is 0 Å². The number of aryl methyl sites for hydroxylation is 2. The van der Waals surface area contributed by atoms with Crippen molar-refractivity contribution in [1.82, 2.24) is 15.3 Å². The molecule has 21 heavy (non-hydrogen) atoms. The second kappa shape index (κ2) is 6.13. The van der Waals surface area contributed by atoms with E-state index >= 15 is 0 Å². The van der Waals surface area contributed by atoms with E-state index in [-0.39, 0.29) is 0 Å². The number of aromatic nitrogens is 3. The predicted octanol–water partition coefficient (Wildman–Crippen LogP) is 3.77. The standard InChI is InChI=1S/C15H15N3O2S/c1-10-3-5-12(6-4-10)15-16-14(20-18-15)9-21-8-13-7-11(2)17-19-13/h3-7H,8-9H2,1-2H3. The first-order valence-corrected chi connectivity index (χ1v) is 7.76. The van der Waals surface area contributed by atoms with Crippen LogP contribution in [0.3, 0.4) is 0 Å². The second-order valence-electron chi connectivity index (χ2n) is 4.81. The van der Waals surface area contributed by atoms with Crippen molar-refractivity contribution in [1.29, 1.82) is 0 Å². The van der Waals surface area contributed by atoms with Crippen LogP contribution in [0.15, 0.2) is 39.4 Å². The average molecular weight is 301 g/mol.